The van der Waals surface area contributed by atoms with Gasteiger partial charge in [-0.05, 0) is 30.9 Å². The van der Waals surface area contributed by atoms with Gasteiger partial charge in [-0.2, -0.15) is 5.26 Å². The molecule has 0 aromatic heterocycles. The van der Waals surface area contributed by atoms with E-state index in [9.17, 15) is 4.39 Å². The molecule has 0 aliphatic rings. The van der Waals surface area contributed by atoms with Crippen LogP contribution >= 0.6 is 11.6 Å². The number of ether oxygens (including phenoxy) is 1. The van der Waals surface area contributed by atoms with Crippen molar-refractivity contribution in [1.82, 2.24) is 0 Å². The van der Waals surface area contributed by atoms with Gasteiger partial charge in [0.05, 0.1) is 12.2 Å². The molecule has 17 heavy (non-hydrogen) atoms. The predicted molar refractivity (Wildman–Crippen MR) is 65.7 cm³/mol. The first-order chi connectivity index (χ1) is 8.17. The van der Waals surface area contributed by atoms with E-state index < -0.39 is 5.82 Å². The van der Waals surface area contributed by atoms with Gasteiger partial charge in [-0.1, -0.05) is 6.92 Å². The van der Waals surface area contributed by atoms with E-state index in [1.54, 1.807) is 12.1 Å². The molecule has 0 N–H and O–H groups in total. The number of nitrogens with zero attached hydrogens (tertiary/aromatic N) is 1. The molecule has 2 nitrogen and oxygen atoms in total. The average Bonchev–Trinajstić information content (AvgIpc) is 2.29. The Morgan fingerprint density at radius 1 is 1.47 bits per heavy atom. The summed E-state index contributed by atoms with van der Waals surface area (Å²) in [5.74, 6) is 1.06. The summed E-state index contributed by atoms with van der Waals surface area (Å²) in [5.41, 5.74) is 0.0351. The zero-order valence-corrected chi connectivity index (χ0v) is 10.5. The lowest BCUT2D eigenvalue weighted by Crippen LogP contribution is -2.05. The maximum Gasteiger partial charge on any atom is 0.144 e. The maximum absolute atomic E-state index is 13.2. The Hall–Kier alpha value is -1.27. The van der Waals surface area contributed by atoms with Crippen molar-refractivity contribution >= 4 is 11.6 Å². The minimum atomic E-state index is -0.543. The van der Waals surface area contributed by atoms with E-state index in [2.05, 4.69) is 6.92 Å². The van der Waals surface area contributed by atoms with Crippen LogP contribution in [0.1, 0.15) is 25.3 Å². The second-order valence-electron chi connectivity index (χ2n) is 3.97. The van der Waals surface area contributed by atoms with E-state index in [1.165, 1.54) is 12.1 Å². The van der Waals surface area contributed by atoms with Crippen molar-refractivity contribution in [2.24, 2.45) is 5.92 Å². The highest BCUT2D eigenvalue weighted by molar-refractivity contribution is 6.17. The number of rotatable bonds is 6. The van der Waals surface area contributed by atoms with E-state index >= 15 is 0 Å². The van der Waals surface area contributed by atoms with Gasteiger partial charge in [0, 0.05) is 11.9 Å². The lowest BCUT2D eigenvalue weighted by molar-refractivity contribution is 0.281. The highest BCUT2D eigenvalue weighted by atomic mass is 35.5. The summed E-state index contributed by atoms with van der Waals surface area (Å²) in [4.78, 5) is 0. The summed E-state index contributed by atoms with van der Waals surface area (Å²) in [6.07, 6.45) is 1.83. The van der Waals surface area contributed by atoms with Crippen LogP contribution in [-0.4, -0.2) is 12.5 Å². The first-order valence-electron chi connectivity index (χ1n) is 5.55. The maximum atomic E-state index is 13.2. The van der Waals surface area contributed by atoms with Gasteiger partial charge in [-0.15, -0.1) is 11.6 Å². The van der Waals surface area contributed by atoms with Crippen molar-refractivity contribution in [2.45, 2.75) is 19.8 Å². The van der Waals surface area contributed by atoms with E-state index in [0.29, 0.717) is 24.2 Å². The van der Waals surface area contributed by atoms with Crippen molar-refractivity contribution in [2.75, 3.05) is 12.5 Å². The van der Waals surface area contributed by atoms with Gasteiger partial charge in [0.25, 0.3) is 0 Å². The first kappa shape index (κ1) is 13.8. The molecular formula is C13H15ClFNO. The molecular weight excluding hydrogens is 241 g/mol. The summed E-state index contributed by atoms with van der Waals surface area (Å²) >= 11 is 5.63. The highest BCUT2D eigenvalue weighted by Crippen LogP contribution is 2.17. The molecule has 0 fully saturated rings. The van der Waals surface area contributed by atoms with E-state index in [4.69, 9.17) is 21.6 Å². The summed E-state index contributed by atoms with van der Waals surface area (Å²) in [7, 11) is 0. The number of hydrogen-bond acceptors (Lipinski definition) is 2. The first-order valence-corrected chi connectivity index (χ1v) is 6.09. The molecule has 0 saturated heterocycles. The van der Waals surface area contributed by atoms with Crippen molar-refractivity contribution < 1.29 is 9.13 Å². The Kier molecular flexibility index (Phi) is 5.79. The van der Waals surface area contributed by atoms with Crippen LogP contribution in [0, 0.1) is 23.1 Å². The molecule has 1 aromatic rings. The van der Waals surface area contributed by atoms with Gasteiger partial charge in [0.2, 0.25) is 0 Å². The number of halogens is 2. The Balaban J connectivity index is 2.43. The van der Waals surface area contributed by atoms with Crippen molar-refractivity contribution in [3.05, 3.63) is 29.6 Å². The van der Waals surface area contributed by atoms with Crippen LogP contribution in [0.25, 0.3) is 0 Å². The van der Waals surface area contributed by atoms with Crippen molar-refractivity contribution in [1.29, 1.82) is 5.26 Å². The monoisotopic (exact) mass is 255 g/mol. The van der Waals surface area contributed by atoms with E-state index in [-0.39, 0.29) is 5.56 Å². The average molecular weight is 256 g/mol. The largest absolute Gasteiger partial charge is 0.493 e. The fraction of sp³-hybridized carbons (Fsp3) is 0.462. The molecule has 0 radical (unpaired) electrons. The molecule has 1 unspecified atom stereocenters. The standard InChI is InChI=1S/C13H15ClFNO/c1-10(4-6-14)5-7-17-12-3-2-11(9-16)13(15)8-12/h2-3,8,10H,4-7H2,1H3. The SMILES string of the molecule is CC(CCCl)CCOc1ccc(C#N)c(F)c1. The molecule has 92 valence electrons. The normalized spacial score (nSPS) is 11.9. The third-order valence-electron chi connectivity index (χ3n) is 2.54. The minimum Gasteiger partial charge on any atom is -0.493 e. The van der Waals surface area contributed by atoms with Gasteiger partial charge in [0.1, 0.15) is 17.6 Å². The molecule has 0 aliphatic heterocycles. The fourth-order valence-corrected chi connectivity index (χ4v) is 1.76. The zero-order valence-electron chi connectivity index (χ0n) is 9.75. The van der Waals surface area contributed by atoms with Crippen molar-refractivity contribution in [3.63, 3.8) is 0 Å². The topological polar surface area (TPSA) is 33.0 Å². The van der Waals surface area contributed by atoms with Gasteiger partial charge in [0.15, 0.2) is 0 Å². The smallest absolute Gasteiger partial charge is 0.144 e. The number of benzene rings is 1. The van der Waals surface area contributed by atoms with Crippen molar-refractivity contribution in [3.8, 4) is 11.8 Å². The zero-order chi connectivity index (χ0) is 12.7. The third-order valence-corrected chi connectivity index (χ3v) is 2.76. The van der Waals surface area contributed by atoms with Crippen LogP contribution in [0.15, 0.2) is 18.2 Å². The third kappa shape index (κ3) is 4.62. The Labute approximate surface area is 106 Å². The summed E-state index contributed by atoms with van der Waals surface area (Å²) in [6, 6.07) is 6.04. The van der Waals surface area contributed by atoms with Gasteiger partial charge in [-0.3, -0.25) is 0 Å². The molecule has 0 saturated carbocycles. The molecule has 0 amide bonds. The van der Waals surface area contributed by atoms with Crippen LogP contribution in [-0.2, 0) is 0 Å². The summed E-state index contributed by atoms with van der Waals surface area (Å²) in [6.45, 7) is 2.63. The molecule has 1 rings (SSSR count). The lowest BCUT2D eigenvalue weighted by Gasteiger charge is -2.10. The number of alkyl halides is 1. The predicted octanol–water partition coefficient (Wildman–Crippen LogP) is 3.73. The highest BCUT2D eigenvalue weighted by Gasteiger charge is 2.05. The summed E-state index contributed by atoms with van der Waals surface area (Å²) in [5, 5.41) is 8.57. The molecule has 1 atom stereocenters. The second kappa shape index (κ2) is 7.13. The van der Waals surface area contributed by atoms with E-state index in [1.807, 2.05) is 0 Å². The van der Waals surface area contributed by atoms with Gasteiger partial charge in [-0.25, -0.2) is 4.39 Å². The van der Waals surface area contributed by atoms with E-state index in [0.717, 1.165) is 12.8 Å². The number of hydrogen-bond donors (Lipinski definition) is 0. The molecule has 0 aliphatic carbocycles. The lowest BCUT2D eigenvalue weighted by atomic mass is 10.1. The Bertz CT molecular complexity index is 403. The summed E-state index contributed by atoms with van der Waals surface area (Å²) < 4.78 is 18.6. The van der Waals surface area contributed by atoms with Crippen LogP contribution in [0.2, 0.25) is 0 Å². The quantitative estimate of drug-likeness (QED) is 0.726. The Morgan fingerprint density at radius 3 is 2.82 bits per heavy atom. The molecule has 0 spiro atoms. The molecule has 0 bridgehead atoms. The van der Waals surface area contributed by atoms with Gasteiger partial charge >= 0.3 is 0 Å². The van der Waals surface area contributed by atoms with Gasteiger partial charge < -0.3 is 4.74 Å². The minimum absolute atomic E-state index is 0.0351. The molecule has 0 heterocycles. The van der Waals surface area contributed by atoms with Crippen LogP contribution < -0.4 is 4.74 Å². The molecule has 1 aromatic carbocycles. The second-order valence-corrected chi connectivity index (χ2v) is 4.35. The van der Waals surface area contributed by atoms with Crippen LogP contribution in [0.4, 0.5) is 4.39 Å². The Morgan fingerprint density at radius 2 is 2.24 bits per heavy atom. The number of nitriles is 1. The molecule has 4 heteroatoms. The fourth-order valence-electron chi connectivity index (χ4n) is 1.38. The van der Waals surface area contributed by atoms with Crippen LogP contribution in [0.5, 0.6) is 5.75 Å². The van der Waals surface area contributed by atoms with Crippen LogP contribution in [0.3, 0.4) is 0 Å².